The number of guanidine groups is 1. The Hall–Kier alpha value is -2.35. The fourth-order valence-corrected chi connectivity index (χ4v) is 3.18. The van der Waals surface area contributed by atoms with Crippen molar-refractivity contribution >= 4 is 5.96 Å². The van der Waals surface area contributed by atoms with Gasteiger partial charge in [0.05, 0.1) is 18.8 Å². The summed E-state index contributed by atoms with van der Waals surface area (Å²) in [6.45, 7) is 3.54. The molecule has 1 fully saturated rings. The maximum absolute atomic E-state index is 5.69. The molecule has 0 amide bonds. The first-order chi connectivity index (χ1) is 12.3. The van der Waals surface area contributed by atoms with Crippen LogP contribution in [0, 0.1) is 0 Å². The van der Waals surface area contributed by atoms with Gasteiger partial charge in [-0.2, -0.15) is 5.10 Å². The summed E-state index contributed by atoms with van der Waals surface area (Å²) in [5.74, 6) is 2.61. The van der Waals surface area contributed by atoms with Crippen molar-refractivity contribution in [2.75, 3.05) is 26.7 Å². The molecule has 0 bridgehead atoms. The Balaban J connectivity index is 1.58. The van der Waals surface area contributed by atoms with E-state index >= 15 is 0 Å². The van der Waals surface area contributed by atoms with Gasteiger partial charge in [0.1, 0.15) is 17.9 Å². The largest absolute Gasteiger partial charge is 0.468 e. The summed E-state index contributed by atoms with van der Waals surface area (Å²) in [6.07, 6.45) is 7.10. The van der Waals surface area contributed by atoms with E-state index in [1.807, 2.05) is 13.1 Å². The van der Waals surface area contributed by atoms with Gasteiger partial charge in [-0.05, 0) is 38.1 Å². The minimum absolute atomic E-state index is 0.212. The number of furan rings is 1. The zero-order chi connectivity index (χ0) is 17.5. The van der Waals surface area contributed by atoms with Gasteiger partial charge >= 0.3 is 0 Å². The van der Waals surface area contributed by atoms with Gasteiger partial charge in [-0.15, -0.1) is 0 Å². The summed E-state index contributed by atoms with van der Waals surface area (Å²) >= 11 is 0. The fraction of sp³-hybridized carbons (Fsp3) is 0.588. The lowest BCUT2D eigenvalue weighted by Gasteiger charge is -2.33. The third-order valence-electron chi connectivity index (χ3n) is 4.61. The molecule has 2 N–H and O–H groups in total. The van der Waals surface area contributed by atoms with Crippen LogP contribution in [0.5, 0.6) is 0 Å². The molecule has 1 saturated heterocycles. The van der Waals surface area contributed by atoms with Crippen molar-refractivity contribution < 1.29 is 4.42 Å². The maximum atomic E-state index is 5.69. The first kappa shape index (κ1) is 17.5. The number of aliphatic imine (C=N–C) groups is 1. The van der Waals surface area contributed by atoms with Crippen LogP contribution >= 0.6 is 0 Å². The smallest absolute Gasteiger partial charge is 0.191 e. The Bertz CT molecular complexity index is 658. The number of likely N-dealkylation sites (tertiary alicyclic amines) is 1. The van der Waals surface area contributed by atoms with E-state index in [0.717, 1.165) is 37.2 Å². The average molecular weight is 345 g/mol. The van der Waals surface area contributed by atoms with Crippen LogP contribution in [0.15, 0.2) is 34.1 Å². The zero-order valence-corrected chi connectivity index (χ0v) is 15.0. The molecule has 8 nitrogen and oxygen atoms in total. The first-order valence-corrected chi connectivity index (χ1v) is 8.83. The SMILES string of the molecule is CN=C(NCc1ncnn1C)NCC(c1ccco1)N1CCCCC1. The topological polar surface area (TPSA) is 83.5 Å². The van der Waals surface area contributed by atoms with E-state index in [2.05, 4.69) is 36.7 Å². The van der Waals surface area contributed by atoms with Gasteiger partial charge < -0.3 is 15.1 Å². The molecule has 0 spiro atoms. The van der Waals surface area contributed by atoms with Crippen LogP contribution in [0.4, 0.5) is 0 Å². The summed E-state index contributed by atoms with van der Waals surface area (Å²) < 4.78 is 7.44. The standard InChI is InChI=1S/C17H27N7O/c1-18-17(20-12-16-21-13-22-23(16)2)19-11-14(15-7-6-10-25-15)24-8-4-3-5-9-24/h6-7,10,13-14H,3-5,8-9,11-12H2,1-2H3,(H2,18,19,20). The van der Waals surface area contributed by atoms with Gasteiger partial charge in [-0.3, -0.25) is 14.6 Å². The van der Waals surface area contributed by atoms with Gasteiger partial charge in [-0.25, -0.2) is 4.98 Å². The van der Waals surface area contributed by atoms with Gasteiger partial charge in [0.15, 0.2) is 5.96 Å². The highest BCUT2D eigenvalue weighted by Gasteiger charge is 2.24. The Kier molecular flexibility index (Phi) is 6.05. The summed E-state index contributed by atoms with van der Waals surface area (Å²) in [5, 5.41) is 10.8. The Morgan fingerprint density at radius 2 is 2.16 bits per heavy atom. The van der Waals surface area contributed by atoms with Crippen LogP contribution in [0.3, 0.4) is 0 Å². The summed E-state index contributed by atoms with van der Waals surface area (Å²) in [4.78, 5) is 11.0. The van der Waals surface area contributed by atoms with Crippen molar-refractivity contribution in [2.45, 2.75) is 31.8 Å². The first-order valence-electron chi connectivity index (χ1n) is 8.83. The van der Waals surface area contributed by atoms with E-state index in [4.69, 9.17) is 4.42 Å². The summed E-state index contributed by atoms with van der Waals surface area (Å²) in [7, 11) is 3.65. The highest BCUT2D eigenvalue weighted by atomic mass is 16.3. The number of nitrogens with zero attached hydrogens (tertiary/aromatic N) is 5. The molecule has 25 heavy (non-hydrogen) atoms. The van der Waals surface area contributed by atoms with Gasteiger partial charge in [0.25, 0.3) is 0 Å². The Morgan fingerprint density at radius 1 is 1.32 bits per heavy atom. The van der Waals surface area contributed by atoms with Crippen molar-refractivity contribution in [2.24, 2.45) is 12.0 Å². The van der Waals surface area contributed by atoms with Crippen molar-refractivity contribution in [1.29, 1.82) is 0 Å². The molecule has 0 aromatic carbocycles. The van der Waals surface area contributed by atoms with Crippen LogP contribution in [0.25, 0.3) is 0 Å². The molecule has 2 aromatic rings. The van der Waals surface area contributed by atoms with E-state index in [9.17, 15) is 0 Å². The molecule has 3 heterocycles. The number of aromatic nitrogens is 3. The lowest BCUT2D eigenvalue weighted by atomic mass is 10.1. The third-order valence-corrected chi connectivity index (χ3v) is 4.61. The number of hydrogen-bond donors (Lipinski definition) is 2. The van der Waals surface area contributed by atoms with Gasteiger partial charge in [0, 0.05) is 20.6 Å². The predicted octanol–water partition coefficient (Wildman–Crippen LogP) is 1.30. The minimum atomic E-state index is 0.212. The Morgan fingerprint density at radius 3 is 2.80 bits per heavy atom. The monoisotopic (exact) mass is 345 g/mol. The molecule has 1 aliphatic heterocycles. The molecule has 136 valence electrons. The number of rotatable bonds is 6. The van der Waals surface area contributed by atoms with Crippen LogP contribution in [0.1, 0.15) is 36.9 Å². The second-order valence-corrected chi connectivity index (χ2v) is 6.23. The van der Waals surface area contributed by atoms with E-state index in [1.54, 1.807) is 24.3 Å². The van der Waals surface area contributed by atoms with Crippen LogP contribution in [0.2, 0.25) is 0 Å². The lowest BCUT2D eigenvalue weighted by Crippen LogP contribution is -2.44. The molecule has 1 atom stereocenters. The number of hydrogen-bond acceptors (Lipinski definition) is 5. The zero-order valence-electron chi connectivity index (χ0n) is 15.0. The second-order valence-electron chi connectivity index (χ2n) is 6.23. The minimum Gasteiger partial charge on any atom is -0.468 e. The fourth-order valence-electron chi connectivity index (χ4n) is 3.18. The number of aryl methyl sites for hydroxylation is 1. The third kappa shape index (κ3) is 4.60. The van der Waals surface area contributed by atoms with Crippen molar-refractivity contribution in [3.63, 3.8) is 0 Å². The molecule has 8 heteroatoms. The highest BCUT2D eigenvalue weighted by molar-refractivity contribution is 5.79. The molecule has 2 aromatic heterocycles. The molecule has 1 unspecified atom stereocenters. The quantitative estimate of drug-likeness (QED) is 0.606. The van der Waals surface area contributed by atoms with E-state index in [-0.39, 0.29) is 6.04 Å². The lowest BCUT2D eigenvalue weighted by molar-refractivity contribution is 0.146. The van der Waals surface area contributed by atoms with Crippen LogP contribution in [-0.4, -0.2) is 52.3 Å². The molecular weight excluding hydrogens is 318 g/mol. The molecular formula is C17H27N7O. The summed E-state index contributed by atoms with van der Waals surface area (Å²) in [6, 6.07) is 4.22. The van der Waals surface area contributed by atoms with Crippen molar-refractivity contribution in [3.05, 3.63) is 36.3 Å². The molecule has 1 aliphatic rings. The van der Waals surface area contributed by atoms with Crippen molar-refractivity contribution in [3.8, 4) is 0 Å². The Labute approximate surface area is 148 Å². The second kappa shape index (κ2) is 8.66. The number of piperidine rings is 1. The van der Waals surface area contributed by atoms with Gasteiger partial charge in [0.2, 0.25) is 0 Å². The summed E-state index contributed by atoms with van der Waals surface area (Å²) in [5.41, 5.74) is 0. The molecule has 3 rings (SSSR count). The maximum Gasteiger partial charge on any atom is 0.191 e. The van der Waals surface area contributed by atoms with E-state index in [1.165, 1.54) is 19.3 Å². The highest BCUT2D eigenvalue weighted by Crippen LogP contribution is 2.24. The number of nitrogens with one attached hydrogen (secondary N) is 2. The molecule has 0 radical (unpaired) electrons. The van der Waals surface area contributed by atoms with E-state index < -0.39 is 0 Å². The normalized spacial score (nSPS) is 17.4. The molecule has 0 aliphatic carbocycles. The average Bonchev–Trinajstić information content (AvgIpc) is 3.31. The molecule has 0 saturated carbocycles. The van der Waals surface area contributed by atoms with Crippen molar-refractivity contribution in [1.82, 2.24) is 30.3 Å². The van der Waals surface area contributed by atoms with E-state index in [0.29, 0.717) is 6.54 Å². The van der Waals surface area contributed by atoms with Crippen LogP contribution in [-0.2, 0) is 13.6 Å². The van der Waals surface area contributed by atoms with Gasteiger partial charge in [-0.1, -0.05) is 6.42 Å². The predicted molar refractivity (Wildman–Crippen MR) is 96.1 cm³/mol. The van der Waals surface area contributed by atoms with Crippen LogP contribution < -0.4 is 10.6 Å².